The average molecular weight is 406 g/mol. The molecule has 0 saturated carbocycles. The van der Waals surface area contributed by atoms with Gasteiger partial charge in [0.2, 0.25) is 0 Å². The minimum Gasteiger partial charge on any atom is -0.387 e. The number of benzene rings is 1. The maximum absolute atomic E-state index is 12.7. The summed E-state index contributed by atoms with van der Waals surface area (Å²) in [5, 5.41) is 11.1. The normalized spacial score (nSPS) is 16.5. The first-order valence-corrected chi connectivity index (χ1v) is 10.2. The fraction of sp³-hybridized carbons (Fsp3) is 0.550. The second kappa shape index (κ2) is 8.82. The quantitative estimate of drug-likeness (QED) is 0.774. The molecular formula is C20H28ClN5O2. The third-order valence-electron chi connectivity index (χ3n) is 5.17. The van der Waals surface area contributed by atoms with E-state index >= 15 is 0 Å². The van der Waals surface area contributed by atoms with Gasteiger partial charge in [-0.1, -0.05) is 25.4 Å². The second-order valence-corrected chi connectivity index (χ2v) is 8.13. The molecule has 7 nitrogen and oxygen atoms in total. The Morgan fingerprint density at radius 2 is 2.14 bits per heavy atom. The van der Waals surface area contributed by atoms with Gasteiger partial charge in [0.15, 0.2) is 0 Å². The van der Waals surface area contributed by atoms with Crippen molar-refractivity contribution in [3.63, 3.8) is 0 Å². The lowest BCUT2D eigenvalue weighted by Gasteiger charge is -2.17. The van der Waals surface area contributed by atoms with Gasteiger partial charge in [-0.3, -0.25) is 9.36 Å². The van der Waals surface area contributed by atoms with Gasteiger partial charge in [0.05, 0.1) is 5.56 Å². The second-order valence-electron chi connectivity index (χ2n) is 7.69. The molecule has 28 heavy (non-hydrogen) atoms. The van der Waals surface area contributed by atoms with Crippen LogP contribution in [0.3, 0.4) is 0 Å². The average Bonchev–Trinajstić information content (AvgIpc) is 2.83. The molecule has 0 bridgehead atoms. The van der Waals surface area contributed by atoms with E-state index in [2.05, 4.69) is 29.6 Å². The summed E-state index contributed by atoms with van der Waals surface area (Å²) in [7, 11) is 1.77. The van der Waals surface area contributed by atoms with Gasteiger partial charge < -0.3 is 10.6 Å². The van der Waals surface area contributed by atoms with E-state index in [0.29, 0.717) is 42.4 Å². The first-order chi connectivity index (χ1) is 13.4. The van der Waals surface area contributed by atoms with Crippen molar-refractivity contribution in [3.05, 3.63) is 45.1 Å². The van der Waals surface area contributed by atoms with Crippen LogP contribution >= 0.6 is 11.6 Å². The molecule has 1 aliphatic rings. The van der Waals surface area contributed by atoms with Gasteiger partial charge in [0.25, 0.3) is 5.91 Å². The van der Waals surface area contributed by atoms with E-state index in [9.17, 15) is 9.59 Å². The zero-order valence-electron chi connectivity index (χ0n) is 16.7. The van der Waals surface area contributed by atoms with Gasteiger partial charge in [-0.15, -0.1) is 0 Å². The summed E-state index contributed by atoms with van der Waals surface area (Å²) in [5.74, 6) is 1.18. The molecule has 1 aliphatic heterocycles. The van der Waals surface area contributed by atoms with E-state index in [0.717, 1.165) is 24.4 Å². The maximum Gasteiger partial charge on any atom is 0.345 e. The van der Waals surface area contributed by atoms with Crippen LogP contribution in [-0.4, -0.2) is 33.3 Å². The number of anilines is 1. The number of nitrogens with zero attached hydrogens (tertiary/aromatic N) is 3. The first-order valence-electron chi connectivity index (χ1n) is 9.83. The Kier molecular flexibility index (Phi) is 6.44. The lowest BCUT2D eigenvalue weighted by molar-refractivity contribution is 0.0933. The van der Waals surface area contributed by atoms with Crippen LogP contribution in [0, 0.1) is 5.92 Å². The summed E-state index contributed by atoms with van der Waals surface area (Å²) in [6.45, 7) is 5.49. The molecule has 2 N–H and O–H groups in total. The van der Waals surface area contributed by atoms with E-state index in [1.807, 2.05) is 0 Å². The number of fused-ring (bicyclic) bond motifs is 1. The van der Waals surface area contributed by atoms with E-state index in [-0.39, 0.29) is 17.6 Å². The van der Waals surface area contributed by atoms with E-state index in [1.165, 1.54) is 0 Å². The molecule has 2 aromatic rings. The summed E-state index contributed by atoms with van der Waals surface area (Å²) < 4.78 is 3.34. The summed E-state index contributed by atoms with van der Waals surface area (Å²) in [4.78, 5) is 25.3. The maximum atomic E-state index is 12.7. The zero-order chi connectivity index (χ0) is 20.3. The molecule has 0 spiro atoms. The monoisotopic (exact) mass is 405 g/mol. The van der Waals surface area contributed by atoms with Crippen LogP contribution in [-0.2, 0) is 19.5 Å². The van der Waals surface area contributed by atoms with Gasteiger partial charge in [-0.2, -0.15) is 5.10 Å². The highest BCUT2D eigenvalue weighted by molar-refractivity contribution is 6.31. The number of halogens is 1. The standard InChI is InChI=1S/C20H28ClN5O2/c1-13(2)8-11-26-20(28)25-10-9-15(5-7-18(25)24-26)23-19(27)16-12-14(21)4-6-17(16)22-3/h4,6,12-13,15,22H,5,7-11H2,1-3H3,(H,23,27). The molecule has 0 radical (unpaired) electrons. The molecule has 1 aromatic carbocycles. The Bertz CT molecular complexity index is 902. The summed E-state index contributed by atoms with van der Waals surface area (Å²) in [6.07, 6.45) is 3.05. The van der Waals surface area contributed by atoms with E-state index < -0.39 is 0 Å². The molecule has 1 amide bonds. The number of carbonyl (C=O) groups is 1. The van der Waals surface area contributed by atoms with Crippen molar-refractivity contribution in [1.82, 2.24) is 19.7 Å². The highest BCUT2D eigenvalue weighted by atomic mass is 35.5. The number of nitrogens with one attached hydrogen (secondary N) is 2. The summed E-state index contributed by atoms with van der Waals surface area (Å²) >= 11 is 6.05. The first kappa shape index (κ1) is 20.5. The van der Waals surface area contributed by atoms with Crippen LogP contribution in [0.2, 0.25) is 5.02 Å². The van der Waals surface area contributed by atoms with Crippen molar-refractivity contribution in [1.29, 1.82) is 0 Å². The minimum atomic E-state index is -0.161. The Labute approximate surface area is 170 Å². The van der Waals surface area contributed by atoms with Crippen molar-refractivity contribution in [3.8, 4) is 0 Å². The molecule has 8 heteroatoms. The van der Waals surface area contributed by atoms with Crippen molar-refractivity contribution < 1.29 is 4.79 Å². The zero-order valence-corrected chi connectivity index (χ0v) is 17.4. The van der Waals surface area contributed by atoms with Crippen molar-refractivity contribution in [2.75, 3.05) is 12.4 Å². The van der Waals surface area contributed by atoms with Crippen LogP contribution < -0.4 is 16.3 Å². The highest BCUT2D eigenvalue weighted by Gasteiger charge is 2.23. The topological polar surface area (TPSA) is 81.0 Å². The molecular weight excluding hydrogens is 378 g/mol. The predicted molar refractivity (Wildman–Crippen MR) is 111 cm³/mol. The number of amides is 1. The Hall–Kier alpha value is -2.28. The number of hydrogen-bond donors (Lipinski definition) is 2. The van der Waals surface area contributed by atoms with Crippen LogP contribution in [0.5, 0.6) is 0 Å². The summed E-state index contributed by atoms with van der Waals surface area (Å²) in [5.41, 5.74) is 1.21. The molecule has 1 atom stereocenters. The number of carbonyl (C=O) groups excluding carboxylic acids is 1. The van der Waals surface area contributed by atoms with Crippen LogP contribution in [0.4, 0.5) is 5.69 Å². The highest BCUT2D eigenvalue weighted by Crippen LogP contribution is 2.21. The number of rotatable bonds is 6. The fourth-order valence-corrected chi connectivity index (χ4v) is 3.66. The van der Waals surface area contributed by atoms with Crippen molar-refractivity contribution >= 4 is 23.2 Å². The van der Waals surface area contributed by atoms with Crippen LogP contribution in [0.1, 0.15) is 49.3 Å². The molecule has 1 aromatic heterocycles. The fourth-order valence-electron chi connectivity index (χ4n) is 3.48. The van der Waals surface area contributed by atoms with Gasteiger partial charge in [0.1, 0.15) is 5.82 Å². The minimum absolute atomic E-state index is 0.0126. The predicted octanol–water partition coefficient (Wildman–Crippen LogP) is 2.92. The Balaban J connectivity index is 1.67. The van der Waals surface area contributed by atoms with Gasteiger partial charge >= 0.3 is 5.69 Å². The molecule has 0 aliphatic carbocycles. The number of aromatic nitrogens is 3. The Morgan fingerprint density at radius 3 is 2.86 bits per heavy atom. The lowest BCUT2D eigenvalue weighted by Crippen LogP contribution is -2.36. The largest absolute Gasteiger partial charge is 0.387 e. The van der Waals surface area contributed by atoms with Gasteiger partial charge in [-0.05, 0) is 43.4 Å². The van der Waals surface area contributed by atoms with Crippen LogP contribution in [0.15, 0.2) is 23.0 Å². The number of aryl methyl sites for hydroxylation is 2. The smallest absolute Gasteiger partial charge is 0.345 e. The van der Waals surface area contributed by atoms with Crippen LogP contribution in [0.25, 0.3) is 0 Å². The molecule has 3 rings (SSSR count). The van der Waals surface area contributed by atoms with E-state index in [4.69, 9.17) is 11.6 Å². The van der Waals surface area contributed by atoms with Gasteiger partial charge in [-0.25, -0.2) is 9.48 Å². The summed E-state index contributed by atoms with van der Waals surface area (Å²) in [6, 6.07) is 5.19. The molecule has 1 unspecified atom stereocenters. The molecule has 2 heterocycles. The number of hydrogen-bond acceptors (Lipinski definition) is 4. The van der Waals surface area contributed by atoms with E-state index in [1.54, 1.807) is 34.5 Å². The van der Waals surface area contributed by atoms with Crippen molar-refractivity contribution in [2.45, 2.75) is 58.7 Å². The molecule has 152 valence electrons. The Morgan fingerprint density at radius 1 is 1.36 bits per heavy atom. The van der Waals surface area contributed by atoms with Crippen molar-refractivity contribution in [2.24, 2.45) is 5.92 Å². The molecule has 0 saturated heterocycles. The lowest BCUT2D eigenvalue weighted by atomic mass is 10.1. The SMILES string of the molecule is CNc1ccc(Cl)cc1C(=O)NC1CCc2nn(CCC(C)C)c(=O)n2CC1. The third-order valence-corrected chi connectivity index (χ3v) is 5.40. The van der Waals surface area contributed by atoms with Gasteiger partial charge in [0, 0.05) is 43.3 Å². The third kappa shape index (κ3) is 4.58. The molecule has 0 fully saturated rings.